The fourth-order valence-corrected chi connectivity index (χ4v) is 3.41. The third-order valence-corrected chi connectivity index (χ3v) is 4.86. The molecule has 3 aromatic rings. The van der Waals surface area contributed by atoms with Crippen LogP contribution in [0.2, 0.25) is 5.02 Å². The van der Waals surface area contributed by atoms with Crippen LogP contribution < -0.4 is 5.56 Å². The summed E-state index contributed by atoms with van der Waals surface area (Å²) in [5.74, 6) is 0. The number of hydrogen-bond donors (Lipinski definition) is 0. The summed E-state index contributed by atoms with van der Waals surface area (Å²) in [6.45, 7) is 4.55. The molecule has 0 aliphatic heterocycles. The molecule has 1 atom stereocenters. The van der Waals surface area contributed by atoms with Crippen LogP contribution in [0.4, 0.5) is 0 Å². The van der Waals surface area contributed by atoms with Gasteiger partial charge in [-0.3, -0.25) is 9.69 Å². The lowest BCUT2D eigenvalue weighted by atomic mass is 10.1. The first-order chi connectivity index (χ1) is 10.9. The smallest absolute Gasteiger partial charge is 0.275 e. The summed E-state index contributed by atoms with van der Waals surface area (Å²) in [6.07, 6.45) is 0. The molecule has 0 saturated heterocycles. The van der Waals surface area contributed by atoms with Crippen LogP contribution in [0.1, 0.15) is 29.2 Å². The zero-order chi connectivity index (χ0) is 16.6. The molecule has 0 unspecified atom stereocenters. The van der Waals surface area contributed by atoms with Crippen molar-refractivity contribution in [2.45, 2.75) is 26.4 Å². The number of fused-ring (bicyclic) bond motifs is 1. The van der Waals surface area contributed by atoms with Crippen molar-refractivity contribution in [3.8, 4) is 0 Å². The highest BCUT2D eigenvalue weighted by Gasteiger charge is 2.14. The lowest BCUT2D eigenvalue weighted by Gasteiger charge is -2.24. The van der Waals surface area contributed by atoms with Crippen LogP contribution in [0.15, 0.2) is 35.1 Å². The molecule has 120 valence electrons. The largest absolute Gasteiger partial charge is 0.294 e. The Morgan fingerprint density at radius 1 is 1.39 bits per heavy atom. The second-order valence-electron chi connectivity index (χ2n) is 5.55. The van der Waals surface area contributed by atoms with Crippen molar-refractivity contribution in [2.24, 2.45) is 0 Å². The minimum absolute atomic E-state index is 0.141. The zero-order valence-corrected chi connectivity index (χ0v) is 14.7. The quantitative estimate of drug-likeness (QED) is 0.725. The third kappa shape index (κ3) is 3.44. The SMILES string of the molecule is Cc1nn2c(=O)cc(CN(C)[C@@H](C)c3cccc(Cl)c3)nc2s1. The fraction of sp³-hybridized carbons (Fsp3) is 0.312. The van der Waals surface area contributed by atoms with Gasteiger partial charge in [-0.1, -0.05) is 35.1 Å². The average Bonchev–Trinajstić information content (AvgIpc) is 2.87. The highest BCUT2D eigenvalue weighted by Crippen LogP contribution is 2.23. The van der Waals surface area contributed by atoms with Crippen LogP contribution in [-0.4, -0.2) is 26.5 Å². The monoisotopic (exact) mass is 348 g/mol. The van der Waals surface area contributed by atoms with Gasteiger partial charge in [0.1, 0.15) is 5.01 Å². The van der Waals surface area contributed by atoms with E-state index in [1.54, 1.807) is 6.07 Å². The van der Waals surface area contributed by atoms with Crippen LogP contribution >= 0.6 is 22.9 Å². The number of halogens is 1. The average molecular weight is 349 g/mol. The van der Waals surface area contributed by atoms with E-state index in [-0.39, 0.29) is 11.6 Å². The third-order valence-electron chi connectivity index (χ3n) is 3.80. The Morgan fingerprint density at radius 3 is 2.91 bits per heavy atom. The maximum Gasteiger partial charge on any atom is 0.275 e. The molecule has 0 N–H and O–H groups in total. The summed E-state index contributed by atoms with van der Waals surface area (Å²) in [5.41, 5.74) is 1.74. The Bertz CT molecular complexity index is 904. The Hall–Kier alpha value is -1.76. The molecular weight excluding hydrogens is 332 g/mol. The summed E-state index contributed by atoms with van der Waals surface area (Å²) in [4.78, 5) is 19.4. The number of aryl methyl sites for hydroxylation is 1. The number of aromatic nitrogens is 3. The van der Waals surface area contributed by atoms with Crippen molar-refractivity contribution in [1.82, 2.24) is 19.5 Å². The van der Waals surface area contributed by atoms with E-state index in [2.05, 4.69) is 21.9 Å². The van der Waals surface area contributed by atoms with E-state index in [9.17, 15) is 4.79 Å². The topological polar surface area (TPSA) is 50.5 Å². The second-order valence-corrected chi connectivity index (χ2v) is 7.14. The molecule has 0 spiro atoms. The van der Waals surface area contributed by atoms with Gasteiger partial charge in [0.05, 0.1) is 5.69 Å². The van der Waals surface area contributed by atoms with Gasteiger partial charge in [0.25, 0.3) is 5.56 Å². The summed E-state index contributed by atoms with van der Waals surface area (Å²) < 4.78 is 1.35. The van der Waals surface area contributed by atoms with Crippen molar-refractivity contribution in [2.75, 3.05) is 7.05 Å². The van der Waals surface area contributed by atoms with Gasteiger partial charge in [0.2, 0.25) is 4.96 Å². The summed E-state index contributed by atoms with van der Waals surface area (Å²) in [5, 5.41) is 5.71. The van der Waals surface area contributed by atoms with Gasteiger partial charge in [-0.2, -0.15) is 9.61 Å². The van der Waals surface area contributed by atoms with Crippen LogP contribution in [0.5, 0.6) is 0 Å². The molecule has 2 heterocycles. The van der Waals surface area contributed by atoms with Crippen molar-refractivity contribution in [3.05, 3.63) is 62.0 Å². The maximum absolute atomic E-state index is 12.1. The number of benzene rings is 1. The molecule has 1 aromatic carbocycles. The van der Waals surface area contributed by atoms with Gasteiger partial charge in [-0.15, -0.1) is 0 Å². The molecule has 2 aromatic heterocycles. The number of hydrogen-bond acceptors (Lipinski definition) is 5. The highest BCUT2D eigenvalue weighted by molar-refractivity contribution is 7.16. The van der Waals surface area contributed by atoms with Crippen LogP contribution in [-0.2, 0) is 6.54 Å². The van der Waals surface area contributed by atoms with Crippen LogP contribution in [0, 0.1) is 6.92 Å². The Labute approximate surface area is 143 Å². The summed E-state index contributed by atoms with van der Waals surface area (Å²) >= 11 is 7.48. The van der Waals surface area contributed by atoms with Gasteiger partial charge in [-0.25, -0.2) is 4.98 Å². The van der Waals surface area contributed by atoms with Gasteiger partial charge in [0.15, 0.2) is 0 Å². The predicted molar refractivity (Wildman–Crippen MR) is 93.2 cm³/mol. The minimum Gasteiger partial charge on any atom is -0.294 e. The van der Waals surface area contributed by atoms with E-state index < -0.39 is 0 Å². The van der Waals surface area contributed by atoms with Gasteiger partial charge >= 0.3 is 0 Å². The maximum atomic E-state index is 12.1. The molecule has 0 fully saturated rings. The highest BCUT2D eigenvalue weighted by atomic mass is 35.5. The standard InChI is InChI=1S/C16H17ClN4OS/c1-10(12-5-4-6-13(17)7-12)20(3)9-14-8-15(22)21-16(18-14)23-11(2)19-21/h4-8,10H,9H2,1-3H3/t10-/m0/s1. The van der Waals surface area contributed by atoms with Crippen molar-refractivity contribution >= 4 is 27.9 Å². The van der Waals surface area contributed by atoms with Gasteiger partial charge in [-0.05, 0) is 38.6 Å². The first-order valence-electron chi connectivity index (χ1n) is 7.26. The molecule has 0 radical (unpaired) electrons. The molecule has 0 bridgehead atoms. The van der Waals surface area contributed by atoms with E-state index in [0.29, 0.717) is 11.5 Å². The van der Waals surface area contributed by atoms with E-state index in [1.165, 1.54) is 15.9 Å². The van der Waals surface area contributed by atoms with Crippen molar-refractivity contribution in [1.29, 1.82) is 0 Å². The van der Waals surface area contributed by atoms with E-state index in [4.69, 9.17) is 11.6 Å². The molecule has 23 heavy (non-hydrogen) atoms. The molecule has 0 amide bonds. The minimum atomic E-state index is -0.141. The molecule has 7 heteroatoms. The van der Waals surface area contributed by atoms with Crippen LogP contribution in [0.3, 0.4) is 0 Å². The normalized spacial score (nSPS) is 12.9. The van der Waals surface area contributed by atoms with Gasteiger partial charge in [0, 0.05) is 23.7 Å². The first kappa shape index (κ1) is 16.1. The van der Waals surface area contributed by atoms with Crippen molar-refractivity contribution in [3.63, 3.8) is 0 Å². The Morgan fingerprint density at radius 2 is 2.17 bits per heavy atom. The van der Waals surface area contributed by atoms with Crippen LogP contribution in [0.25, 0.3) is 4.96 Å². The lowest BCUT2D eigenvalue weighted by Crippen LogP contribution is -2.24. The summed E-state index contributed by atoms with van der Waals surface area (Å²) in [7, 11) is 2.01. The second kappa shape index (κ2) is 6.39. The molecule has 5 nitrogen and oxygen atoms in total. The predicted octanol–water partition coefficient (Wildman–Crippen LogP) is 3.31. The first-order valence-corrected chi connectivity index (χ1v) is 8.45. The summed E-state index contributed by atoms with van der Waals surface area (Å²) in [6, 6.07) is 9.52. The number of rotatable bonds is 4. The molecule has 0 saturated carbocycles. The van der Waals surface area contributed by atoms with Gasteiger partial charge < -0.3 is 0 Å². The molecule has 3 rings (SSSR count). The van der Waals surface area contributed by atoms with Crippen molar-refractivity contribution < 1.29 is 0 Å². The number of nitrogens with zero attached hydrogens (tertiary/aromatic N) is 4. The molecular formula is C16H17ClN4OS. The Balaban J connectivity index is 1.84. The van der Waals surface area contributed by atoms with E-state index in [0.717, 1.165) is 21.3 Å². The fourth-order valence-electron chi connectivity index (χ4n) is 2.45. The van der Waals surface area contributed by atoms with E-state index >= 15 is 0 Å². The zero-order valence-electron chi connectivity index (χ0n) is 13.2. The lowest BCUT2D eigenvalue weighted by molar-refractivity contribution is 0.250. The Kier molecular flexibility index (Phi) is 4.48. The molecule has 0 aliphatic carbocycles. The molecule has 0 aliphatic rings. The van der Waals surface area contributed by atoms with E-state index in [1.807, 2.05) is 38.2 Å².